The number of rotatable bonds is 4. The number of aromatic carboxylic acids is 1. The summed E-state index contributed by atoms with van der Waals surface area (Å²) in [7, 11) is 0. The molecule has 1 heterocycles. The number of hydrogen-bond acceptors (Lipinski definition) is 3. The second-order valence-electron chi connectivity index (χ2n) is 6.66. The summed E-state index contributed by atoms with van der Waals surface area (Å²) in [5.74, 6) is 0.256. The molecule has 0 saturated heterocycles. The standard InChI is InChI=1S/C15H23NO3/c1-9(2)8-11-12(14(17)18)19-13(16-11)10-6-5-7-15(10,3)4/h9-10H,5-8H2,1-4H3,(H,17,18). The molecule has 0 spiro atoms. The average Bonchev–Trinajstić information content (AvgIpc) is 2.80. The van der Waals surface area contributed by atoms with Gasteiger partial charge < -0.3 is 9.52 Å². The summed E-state index contributed by atoms with van der Waals surface area (Å²) in [4.78, 5) is 15.8. The van der Waals surface area contributed by atoms with Crippen molar-refractivity contribution in [3.63, 3.8) is 0 Å². The lowest BCUT2D eigenvalue weighted by Gasteiger charge is -2.23. The van der Waals surface area contributed by atoms with Crippen LogP contribution in [0, 0.1) is 11.3 Å². The van der Waals surface area contributed by atoms with E-state index in [1.165, 1.54) is 0 Å². The Balaban J connectivity index is 2.35. The van der Waals surface area contributed by atoms with Crippen molar-refractivity contribution < 1.29 is 14.3 Å². The number of nitrogens with zero attached hydrogens (tertiary/aromatic N) is 1. The van der Waals surface area contributed by atoms with Gasteiger partial charge in [-0.25, -0.2) is 9.78 Å². The van der Waals surface area contributed by atoms with Crippen LogP contribution in [-0.2, 0) is 6.42 Å². The Hall–Kier alpha value is -1.32. The van der Waals surface area contributed by atoms with Gasteiger partial charge in [0.1, 0.15) is 0 Å². The van der Waals surface area contributed by atoms with Gasteiger partial charge in [0, 0.05) is 5.92 Å². The Bertz CT molecular complexity index is 474. The largest absolute Gasteiger partial charge is 0.475 e. The van der Waals surface area contributed by atoms with Crippen LogP contribution in [0.4, 0.5) is 0 Å². The zero-order valence-corrected chi connectivity index (χ0v) is 12.2. The number of oxazole rings is 1. The van der Waals surface area contributed by atoms with E-state index < -0.39 is 5.97 Å². The van der Waals surface area contributed by atoms with E-state index in [-0.39, 0.29) is 17.1 Å². The maximum Gasteiger partial charge on any atom is 0.373 e. The Morgan fingerprint density at radius 1 is 1.53 bits per heavy atom. The molecule has 1 unspecified atom stereocenters. The first kappa shape index (κ1) is 14.1. The van der Waals surface area contributed by atoms with E-state index in [0.29, 0.717) is 23.9 Å². The monoisotopic (exact) mass is 265 g/mol. The highest BCUT2D eigenvalue weighted by molar-refractivity contribution is 5.85. The highest BCUT2D eigenvalue weighted by Crippen LogP contribution is 2.48. The molecule has 0 amide bonds. The molecular weight excluding hydrogens is 242 g/mol. The summed E-state index contributed by atoms with van der Waals surface area (Å²) in [6.45, 7) is 8.52. The number of carboxylic acid groups (broad SMARTS) is 1. The normalized spacial score (nSPS) is 22.1. The van der Waals surface area contributed by atoms with Crippen LogP contribution in [0.1, 0.15) is 75.0 Å². The molecule has 1 saturated carbocycles. The van der Waals surface area contributed by atoms with Gasteiger partial charge in [-0.05, 0) is 30.6 Å². The van der Waals surface area contributed by atoms with E-state index in [1.54, 1.807) is 0 Å². The van der Waals surface area contributed by atoms with Crippen molar-refractivity contribution in [2.75, 3.05) is 0 Å². The van der Waals surface area contributed by atoms with Gasteiger partial charge >= 0.3 is 5.97 Å². The van der Waals surface area contributed by atoms with Crippen molar-refractivity contribution >= 4 is 5.97 Å². The molecular formula is C15H23NO3. The van der Waals surface area contributed by atoms with E-state index >= 15 is 0 Å². The highest BCUT2D eigenvalue weighted by Gasteiger charge is 2.39. The fourth-order valence-electron chi connectivity index (χ4n) is 3.00. The maximum atomic E-state index is 11.3. The summed E-state index contributed by atoms with van der Waals surface area (Å²) in [6.07, 6.45) is 3.98. The molecule has 1 aromatic rings. The van der Waals surface area contributed by atoms with Gasteiger partial charge in [0.25, 0.3) is 0 Å². The fraction of sp³-hybridized carbons (Fsp3) is 0.733. The lowest BCUT2D eigenvalue weighted by atomic mass is 9.82. The molecule has 1 atom stereocenters. The molecule has 1 aromatic heterocycles. The predicted octanol–water partition coefficient (Wildman–Crippen LogP) is 3.87. The molecule has 0 radical (unpaired) electrons. The third kappa shape index (κ3) is 2.82. The van der Waals surface area contributed by atoms with Crippen LogP contribution in [0.15, 0.2) is 4.42 Å². The minimum Gasteiger partial charge on any atom is -0.475 e. The van der Waals surface area contributed by atoms with Crippen LogP contribution in [0.25, 0.3) is 0 Å². The van der Waals surface area contributed by atoms with E-state index in [0.717, 1.165) is 19.3 Å². The second-order valence-corrected chi connectivity index (χ2v) is 6.66. The third-order valence-electron chi connectivity index (χ3n) is 4.07. The molecule has 0 aliphatic heterocycles. The van der Waals surface area contributed by atoms with Gasteiger partial charge in [0.15, 0.2) is 5.89 Å². The lowest BCUT2D eigenvalue weighted by Crippen LogP contribution is -2.15. The van der Waals surface area contributed by atoms with Gasteiger partial charge in [-0.3, -0.25) is 0 Å². The van der Waals surface area contributed by atoms with Crippen LogP contribution in [0.2, 0.25) is 0 Å². The van der Waals surface area contributed by atoms with Crippen LogP contribution in [-0.4, -0.2) is 16.1 Å². The highest BCUT2D eigenvalue weighted by atomic mass is 16.4. The second kappa shape index (κ2) is 4.99. The minimum absolute atomic E-state index is 0.0337. The Morgan fingerprint density at radius 3 is 2.68 bits per heavy atom. The number of aromatic nitrogens is 1. The lowest BCUT2D eigenvalue weighted by molar-refractivity contribution is 0.0656. The first-order valence-electron chi connectivity index (χ1n) is 7.04. The number of hydrogen-bond donors (Lipinski definition) is 1. The summed E-state index contributed by atoms with van der Waals surface area (Å²) < 4.78 is 5.59. The number of carboxylic acids is 1. The Kier molecular flexibility index (Phi) is 3.70. The summed E-state index contributed by atoms with van der Waals surface area (Å²) in [5, 5.41) is 9.23. The number of carbonyl (C=O) groups is 1. The smallest absolute Gasteiger partial charge is 0.373 e. The molecule has 0 bridgehead atoms. The fourth-order valence-corrected chi connectivity index (χ4v) is 3.00. The molecule has 1 N–H and O–H groups in total. The van der Waals surface area contributed by atoms with E-state index in [1.807, 2.05) is 0 Å². The van der Waals surface area contributed by atoms with Crippen molar-refractivity contribution in [3.05, 3.63) is 17.3 Å². The van der Waals surface area contributed by atoms with Crippen molar-refractivity contribution in [2.45, 2.75) is 59.3 Å². The average molecular weight is 265 g/mol. The van der Waals surface area contributed by atoms with E-state index in [2.05, 4.69) is 32.7 Å². The van der Waals surface area contributed by atoms with Gasteiger partial charge in [-0.15, -0.1) is 0 Å². The Labute approximate surface area is 114 Å². The van der Waals surface area contributed by atoms with E-state index in [4.69, 9.17) is 4.42 Å². The molecule has 1 fully saturated rings. The molecule has 1 aliphatic rings. The zero-order valence-electron chi connectivity index (χ0n) is 12.2. The molecule has 4 nitrogen and oxygen atoms in total. The third-order valence-corrected chi connectivity index (χ3v) is 4.07. The first-order valence-corrected chi connectivity index (χ1v) is 7.04. The van der Waals surface area contributed by atoms with Crippen LogP contribution in [0.3, 0.4) is 0 Å². The van der Waals surface area contributed by atoms with Gasteiger partial charge in [-0.2, -0.15) is 0 Å². The molecule has 1 aliphatic carbocycles. The van der Waals surface area contributed by atoms with Crippen LogP contribution >= 0.6 is 0 Å². The van der Waals surface area contributed by atoms with Crippen molar-refractivity contribution in [2.24, 2.45) is 11.3 Å². The maximum absolute atomic E-state index is 11.3. The molecule has 4 heteroatoms. The SMILES string of the molecule is CC(C)Cc1nc(C2CCCC2(C)C)oc1C(=O)O. The summed E-state index contributed by atoms with van der Waals surface area (Å²) in [5.41, 5.74) is 0.746. The first-order chi connectivity index (χ1) is 8.81. The zero-order chi connectivity index (χ0) is 14.2. The van der Waals surface area contributed by atoms with Crippen molar-refractivity contribution in [1.29, 1.82) is 0 Å². The predicted molar refractivity (Wildman–Crippen MR) is 72.4 cm³/mol. The van der Waals surface area contributed by atoms with Gasteiger partial charge in [0.05, 0.1) is 5.69 Å². The molecule has 106 valence electrons. The van der Waals surface area contributed by atoms with Gasteiger partial charge in [-0.1, -0.05) is 34.1 Å². The molecule has 19 heavy (non-hydrogen) atoms. The topological polar surface area (TPSA) is 63.3 Å². The molecule has 2 rings (SSSR count). The quantitative estimate of drug-likeness (QED) is 0.897. The molecule has 0 aromatic carbocycles. The van der Waals surface area contributed by atoms with Crippen LogP contribution < -0.4 is 0 Å². The summed E-state index contributed by atoms with van der Waals surface area (Å²) in [6, 6.07) is 0. The van der Waals surface area contributed by atoms with E-state index in [9.17, 15) is 9.90 Å². The summed E-state index contributed by atoms with van der Waals surface area (Å²) >= 11 is 0. The Morgan fingerprint density at radius 2 is 2.21 bits per heavy atom. The van der Waals surface area contributed by atoms with Crippen molar-refractivity contribution in [3.8, 4) is 0 Å². The van der Waals surface area contributed by atoms with Crippen molar-refractivity contribution in [1.82, 2.24) is 4.98 Å². The van der Waals surface area contributed by atoms with Crippen LogP contribution in [0.5, 0.6) is 0 Å². The van der Waals surface area contributed by atoms with Gasteiger partial charge in [0.2, 0.25) is 5.76 Å². The minimum atomic E-state index is -1.01.